The SMILES string of the molecule is CC(N)c1cc(F)ccc1Oc1cncc(Cl)c1. The topological polar surface area (TPSA) is 48.1 Å². The van der Waals surface area contributed by atoms with Crippen LogP contribution in [0.4, 0.5) is 4.39 Å². The summed E-state index contributed by atoms with van der Waals surface area (Å²) in [4.78, 5) is 3.91. The van der Waals surface area contributed by atoms with Crippen molar-refractivity contribution in [3.63, 3.8) is 0 Å². The average molecular weight is 267 g/mol. The molecule has 1 aromatic heterocycles. The van der Waals surface area contributed by atoms with Crippen molar-refractivity contribution in [2.75, 3.05) is 0 Å². The number of pyridine rings is 1. The zero-order valence-corrected chi connectivity index (χ0v) is 10.5. The van der Waals surface area contributed by atoms with Crippen LogP contribution in [0, 0.1) is 5.82 Å². The Balaban J connectivity index is 2.34. The Kier molecular flexibility index (Phi) is 3.79. The molecule has 0 saturated heterocycles. The molecule has 1 aromatic carbocycles. The Morgan fingerprint density at radius 2 is 2.11 bits per heavy atom. The van der Waals surface area contributed by atoms with Gasteiger partial charge < -0.3 is 10.5 Å². The number of nitrogens with two attached hydrogens (primary N) is 1. The molecule has 5 heteroatoms. The van der Waals surface area contributed by atoms with Gasteiger partial charge in [-0.25, -0.2) is 4.39 Å². The lowest BCUT2D eigenvalue weighted by atomic mass is 10.1. The molecule has 3 nitrogen and oxygen atoms in total. The molecule has 0 amide bonds. The van der Waals surface area contributed by atoms with Gasteiger partial charge in [0.25, 0.3) is 0 Å². The first-order valence-electron chi connectivity index (χ1n) is 5.39. The maximum atomic E-state index is 13.2. The normalized spacial score (nSPS) is 12.2. The predicted molar refractivity (Wildman–Crippen MR) is 68.3 cm³/mol. The summed E-state index contributed by atoms with van der Waals surface area (Å²) in [5.41, 5.74) is 6.37. The maximum absolute atomic E-state index is 13.2. The van der Waals surface area contributed by atoms with Crippen LogP contribution in [-0.2, 0) is 0 Å². The molecule has 1 atom stereocenters. The van der Waals surface area contributed by atoms with Crippen LogP contribution in [0.25, 0.3) is 0 Å². The molecule has 18 heavy (non-hydrogen) atoms. The lowest BCUT2D eigenvalue weighted by Gasteiger charge is -2.13. The van der Waals surface area contributed by atoms with Crippen molar-refractivity contribution in [2.24, 2.45) is 5.73 Å². The third kappa shape index (κ3) is 2.97. The van der Waals surface area contributed by atoms with Crippen LogP contribution < -0.4 is 10.5 Å². The summed E-state index contributed by atoms with van der Waals surface area (Å²) in [6.07, 6.45) is 3.03. The van der Waals surface area contributed by atoms with E-state index in [0.717, 1.165) is 0 Å². The van der Waals surface area contributed by atoms with Crippen LogP contribution in [0.15, 0.2) is 36.7 Å². The Morgan fingerprint density at radius 3 is 2.78 bits per heavy atom. The number of halogens is 2. The number of hydrogen-bond donors (Lipinski definition) is 1. The number of ether oxygens (including phenoxy) is 1. The van der Waals surface area contributed by atoms with E-state index in [0.29, 0.717) is 22.1 Å². The molecule has 0 spiro atoms. The third-order valence-corrected chi connectivity index (χ3v) is 2.58. The Bertz CT molecular complexity index is 560. The number of aromatic nitrogens is 1. The van der Waals surface area contributed by atoms with Crippen molar-refractivity contribution < 1.29 is 9.13 Å². The molecule has 94 valence electrons. The van der Waals surface area contributed by atoms with Gasteiger partial charge in [-0.2, -0.15) is 0 Å². The number of benzene rings is 1. The molecule has 1 unspecified atom stereocenters. The molecular weight excluding hydrogens is 255 g/mol. The van der Waals surface area contributed by atoms with Crippen LogP contribution in [0.2, 0.25) is 5.02 Å². The maximum Gasteiger partial charge on any atom is 0.147 e. The van der Waals surface area contributed by atoms with Gasteiger partial charge in [-0.3, -0.25) is 4.98 Å². The minimum atomic E-state index is -0.348. The quantitative estimate of drug-likeness (QED) is 0.922. The van der Waals surface area contributed by atoms with E-state index in [1.165, 1.54) is 30.6 Å². The van der Waals surface area contributed by atoms with Crippen LogP contribution >= 0.6 is 11.6 Å². The Hall–Kier alpha value is -1.65. The second kappa shape index (κ2) is 5.33. The molecular formula is C13H12ClFN2O. The Labute approximate surface area is 109 Å². The average Bonchev–Trinajstić information content (AvgIpc) is 2.31. The van der Waals surface area contributed by atoms with Crippen molar-refractivity contribution in [2.45, 2.75) is 13.0 Å². The van der Waals surface area contributed by atoms with Crippen LogP contribution in [0.5, 0.6) is 11.5 Å². The van der Waals surface area contributed by atoms with Crippen LogP contribution in [0.3, 0.4) is 0 Å². The molecule has 0 aliphatic rings. The first-order valence-corrected chi connectivity index (χ1v) is 5.77. The lowest BCUT2D eigenvalue weighted by Crippen LogP contribution is -2.07. The lowest BCUT2D eigenvalue weighted by molar-refractivity contribution is 0.467. The minimum Gasteiger partial charge on any atom is -0.455 e. The summed E-state index contributed by atoms with van der Waals surface area (Å²) >= 11 is 5.81. The summed E-state index contributed by atoms with van der Waals surface area (Å²) in [5, 5.41) is 0.469. The fourth-order valence-electron chi connectivity index (χ4n) is 1.54. The smallest absolute Gasteiger partial charge is 0.147 e. The van der Waals surface area contributed by atoms with Gasteiger partial charge in [0.1, 0.15) is 17.3 Å². The van der Waals surface area contributed by atoms with Gasteiger partial charge in [-0.1, -0.05) is 11.6 Å². The van der Waals surface area contributed by atoms with Gasteiger partial charge in [-0.05, 0) is 25.1 Å². The fourth-order valence-corrected chi connectivity index (χ4v) is 1.71. The third-order valence-electron chi connectivity index (χ3n) is 2.37. The zero-order chi connectivity index (χ0) is 13.1. The van der Waals surface area contributed by atoms with Gasteiger partial charge in [0.2, 0.25) is 0 Å². The largest absolute Gasteiger partial charge is 0.455 e. The van der Waals surface area contributed by atoms with Crippen LogP contribution in [-0.4, -0.2) is 4.98 Å². The van der Waals surface area contributed by atoms with Crippen molar-refractivity contribution >= 4 is 11.6 Å². The first-order chi connectivity index (χ1) is 8.56. The molecule has 2 aromatic rings. The number of hydrogen-bond acceptors (Lipinski definition) is 3. The van der Waals surface area contributed by atoms with Gasteiger partial charge >= 0.3 is 0 Å². The molecule has 2 rings (SSSR count). The van der Waals surface area contributed by atoms with E-state index in [1.54, 1.807) is 13.0 Å². The highest BCUT2D eigenvalue weighted by Gasteiger charge is 2.10. The van der Waals surface area contributed by atoms with E-state index in [9.17, 15) is 4.39 Å². The second-order valence-corrected chi connectivity index (χ2v) is 4.35. The van der Waals surface area contributed by atoms with E-state index in [1.807, 2.05) is 0 Å². The molecule has 0 aliphatic heterocycles. The van der Waals surface area contributed by atoms with E-state index in [2.05, 4.69) is 4.98 Å². The van der Waals surface area contributed by atoms with Gasteiger partial charge in [0, 0.05) is 23.9 Å². The molecule has 0 bridgehead atoms. The molecule has 0 radical (unpaired) electrons. The highest BCUT2D eigenvalue weighted by molar-refractivity contribution is 6.30. The highest BCUT2D eigenvalue weighted by Crippen LogP contribution is 2.29. The number of rotatable bonds is 3. The van der Waals surface area contributed by atoms with Crippen molar-refractivity contribution in [1.82, 2.24) is 4.98 Å². The van der Waals surface area contributed by atoms with Crippen LogP contribution in [0.1, 0.15) is 18.5 Å². The van der Waals surface area contributed by atoms with E-state index in [-0.39, 0.29) is 11.9 Å². The monoisotopic (exact) mass is 266 g/mol. The van der Waals surface area contributed by atoms with E-state index >= 15 is 0 Å². The summed E-state index contributed by atoms with van der Waals surface area (Å²) < 4.78 is 18.8. The van der Waals surface area contributed by atoms with Gasteiger partial charge in [0.05, 0.1) is 11.2 Å². The fraction of sp³-hybridized carbons (Fsp3) is 0.154. The summed E-state index contributed by atoms with van der Waals surface area (Å²) in [7, 11) is 0. The highest BCUT2D eigenvalue weighted by atomic mass is 35.5. The number of nitrogens with zero attached hydrogens (tertiary/aromatic N) is 1. The zero-order valence-electron chi connectivity index (χ0n) is 9.73. The second-order valence-electron chi connectivity index (χ2n) is 3.91. The molecule has 0 fully saturated rings. The molecule has 1 heterocycles. The van der Waals surface area contributed by atoms with Crippen molar-refractivity contribution in [1.29, 1.82) is 0 Å². The Morgan fingerprint density at radius 1 is 1.33 bits per heavy atom. The first kappa shape index (κ1) is 12.8. The van der Waals surface area contributed by atoms with E-state index < -0.39 is 0 Å². The predicted octanol–water partition coefficient (Wildman–Crippen LogP) is 3.69. The minimum absolute atomic E-state index is 0.331. The van der Waals surface area contributed by atoms with Crippen molar-refractivity contribution in [3.05, 3.63) is 53.1 Å². The van der Waals surface area contributed by atoms with Gasteiger partial charge in [-0.15, -0.1) is 0 Å². The summed E-state index contributed by atoms with van der Waals surface area (Å²) in [6.45, 7) is 1.76. The summed E-state index contributed by atoms with van der Waals surface area (Å²) in [5.74, 6) is 0.630. The van der Waals surface area contributed by atoms with E-state index in [4.69, 9.17) is 22.1 Å². The summed E-state index contributed by atoms with van der Waals surface area (Å²) in [6, 6.07) is 5.51. The van der Waals surface area contributed by atoms with Gasteiger partial charge in [0.15, 0.2) is 0 Å². The standard InChI is InChI=1S/C13H12ClFN2O/c1-8(16)12-5-10(15)2-3-13(12)18-11-4-9(14)6-17-7-11/h2-8H,16H2,1H3. The molecule has 0 saturated carbocycles. The van der Waals surface area contributed by atoms with Crippen molar-refractivity contribution in [3.8, 4) is 11.5 Å². The molecule has 2 N–H and O–H groups in total. The molecule has 0 aliphatic carbocycles.